The number of aromatic amines is 1. The van der Waals surface area contributed by atoms with Crippen LogP contribution in [0.25, 0.3) is 11.3 Å². The number of furan rings is 1. The molecule has 3 aromatic rings. The molecule has 0 aliphatic rings. The van der Waals surface area contributed by atoms with Crippen molar-refractivity contribution in [3.8, 4) is 11.3 Å². The number of nitrogens with one attached hydrogen (secondary N) is 2. The van der Waals surface area contributed by atoms with Crippen molar-refractivity contribution in [2.75, 3.05) is 0 Å². The molecule has 1 aromatic carbocycles. The summed E-state index contributed by atoms with van der Waals surface area (Å²) in [4.78, 5) is 19.5. The Morgan fingerprint density at radius 2 is 2.05 bits per heavy atom. The number of carbonyl (C=O) groups is 1. The van der Waals surface area contributed by atoms with Crippen LogP contribution >= 0.6 is 0 Å². The Morgan fingerprint density at radius 3 is 2.76 bits per heavy atom. The third-order valence-corrected chi connectivity index (χ3v) is 3.18. The van der Waals surface area contributed by atoms with E-state index in [1.165, 1.54) is 6.26 Å². The van der Waals surface area contributed by atoms with E-state index >= 15 is 0 Å². The second-order valence-electron chi connectivity index (χ2n) is 4.72. The Bertz CT molecular complexity index is 717. The molecule has 0 bridgehead atoms. The van der Waals surface area contributed by atoms with Gasteiger partial charge in [-0.3, -0.25) is 4.79 Å². The molecule has 2 aromatic heterocycles. The van der Waals surface area contributed by atoms with Crippen LogP contribution in [-0.2, 0) is 0 Å². The molecule has 0 saturated heterocycles. The van der Waals surface area contributed by atoms with Crippen molar-refractivity contribution in [3.05, 3.63) is 66.5 Å². The normalized spacial score (nSPS) is 12.0. The number of benzene rings is 1. The Morgan fingerprint density at radius 1 is 1.24 bits per heavy atom. The molecule has 0 fully saturated rings. The van der Waals surface area contributed by atoms with Gasteiger partial charge in [0.15, 0.2) is 5.76 Å². The molecule has 5 heteroatoms. The summed E-state index contributed by atoms with van der Waals surface area (Å²) in [5, 5.41) is 2.84. The number of imidazole rings is 1. The molecule has 2 N–H and O–H groups in total. The zero-order chi connectivity index (χ0) is 14.7. The maximum atomic E-state index is 11.9. The van der Waals surface area contributed by atoms with Crippen LogP contribution in [0.4, 0.5) is 0 Å². The Hall–Kier alpha value is -2.82. The summed E-state index contributed by atoms with van der Waals surface area (Å²) >= 11 is 0. The summed E-state index contributed by atoms with van der Waals surface area (Å²) in [5.41, 5.74) is 1.98. The van der Waals surface area contributed by atoms with Gasteiger partial charge in [-0.15, -0.1) is 0 Å². The first-order chi connectivity index (χ1) is 10.2. The third kappa shape index (κ3) is 2.86. The Kier molecular flexibility index (Phi) is 3.55. The van der Waals surface area contributed by atoms with Gasteiger partial charge >= 0.3 is 0 Å². The lowest BCUT2D eigenvalue weighted by molar-refractivity contribution is 0.0910. The summed E-state index contributed by atoms with van der Waals surface area (Å²) in [6, 6.07) is 13.0. The molecule has 106 valence electrons. The van der Waals surface area contributed by atoms with E-state index in [1.807, 2.05) is 37.3 Å². The van der Waals surface area contributed by atoms with Gasteiger partial charge in [-0.25, -0.2) is 4.98 Å². The maximum Gasteiger partial charge on any atom is 0.287 e. The number of nitrogens with zero attached hydrogens (tertiary/aromatic N) is 1. The minimum absolute atomic E-state index is 0.236. The standard InChI is InChI=1S/C16H15N3O2/c1-11(18-16(20)14-8-5-9-21-14)15-17-10-13(19-15)12-6-3-2-4-7-12/h2-11H,1H3,(H,17,19)(H,18,20). The first kappa shape index (κ1) is 13.2. The number of amides is 1. The van der Waals surface area contributed by atoms with Crippen LogP contribution in [0.2, 0.25) is 0 Å². The van der Waals surface area contributed by atoms with Crippen molar-refractivity contribution in [2.45, 2.75) is 13.0 Å². The van der Waals surface area contributed by atoms with Crippen LogP contribution in [-0.4, -0.2) is 15.9 Å². The van der Waals surface area contributed by atoms with Gasteiger partial charge in [-0.1, -0.05) is 30.3 Å². The maximum absolute atomic E-state index is 11.9. The average Bonchev–Trinajstić information content (AvgIpc) is 3.20. The monoisotopic (exact) mass is 281 g/mol. The van der Waals surface area contributed by atoms with Crippen molar-refractivity contribution in [2.24, 2.45) is 0 Å². The van der Waals surface area contributed by atoms with Gasteiger partial charge in [0, 0.05) is 0 Å². The van der Waals surface area contributed by atoms with Gasteiger partial charge in [0.05, 0.1) is 24.2 Å². The summed E-state index contributed by atoms with van der Waals surface area (Å²) in [7, 11) is 0. The van der Waals surface area contributed by atoms with Crippen LogP contribution in [0.15, 0.2) is 59.3 Å². The van der Waals surface area contributed by atoms with E-state index in [2.05, 4.69) is 15.3 Å². The van der Waals surface area contributed by atoms with E-state index in [0.29, 0.717) is 5.82 Å². The summed E-state index contributed by atoms with van der Waals surface area (Å²) in [6.45, 7) is 1.87. The second-order valence-corrected chi connectivity index (χ2v) is 4.72. The van der Waals surface area contributed by atoms with Crippen LogP contribution < -0.4 is 5.32 Å². The number of carbonyl (C=O) groups excluding carboxylic acids is 1. The van der Waals surface area contributed by atoms with Crippen molar-refractivity contribution >= 4 is 5.91 Å². The first-order valence-electron chi connectivity index (χ1n) is 6.69. The average molecular weight is 281 g/mol. The lowest BCUT2D eigenvalue weighted by Gasteiger charge is -2.10. The van der Waals surface area contributed by atoms with Crippen molar-refractivity contribution in [3.63, 3.8) is 0 Å². The van der Waals surface area contributed by atoms with E-state index in [9.17, 15) is 4.79 Å². The molecular formula is C16H15N3O2. The molecule has 3 rings (SSSR count). The SMILES string of the molecule is CC(NC(=O)c1ccco1)c1ncc(-c2ccccc2)[nH]1. The Balaban J connectivity index is 1.73. The van der Waals surface area contributed by atoms with Gasteiger partial charge in [0.2, 0.25) is 0 Å². The van der Waals surface area contributed by atoms with Gasteiger partial charge < -0.3 is 14.7 Å². The second kappa shape index (κ2) is 5.66. The quantitative estimate of drug-likeness (QED) is 0.771. The highest BCUT2D eigenvalue weighted by Gasteiger charge is 2.16. The highest BCUT2D eigenvalue weighted by atomic mass is 16.3. The topological polar surface area (TPSA) is 70.9 Å². The molecule has 0 aliphatic carbocycles. The van der Waals surface area contributed by atoms with Crippen LogP contribution in [0.5, 0.6) is 0 Å². The molecule has 5 nitrogen and oxygen atoms in total. The fraction of sp³-hybridized carbons (Fsp3) is 0.125. The molecule has 1 amide bonds. The van der Waals surface area contributed by atoms with Gasteiger partial charge in [-0.2, -0.15) is 0 Å². The molecule has 21 heavy (non-hydrogen) atoms. The molecule has 0 radical (unpaired) electrons. The van der Waals surface area contributed by atoms with E-state index in [-0.39, 0.29) is 17.7 Å². The first-order valence-corrected chi connectivity index (χ1v) is 6.69. The summed E-state index contributed by atoms with van der Waals surface area (Å²) in [5.74, 6) is 0.732. The fourth-order valence-corrected chi connectivity index (χ4v) is 2.06. The minimum Gasteiger partial charge on any atom is -0.459 e. The molecule has 0 aliphatic heterocycles. The third-order valence-electron chi connectivity index (χ3n) is 3.18. The van der Waals surface area contributed by atoms with Gasteiger partial charge in [0.25, 0.3) is 5.91 Å². The number of H-pyrrole nitrogens is 1. The van der Waals surface area contributed by atoms with Crippen molar-refractivity contribution in [1.82, 2.24) is 15.3 Å². The molecule has 2 heterocycles. The summed E-state index contributed by atoms with van der Waals surface area (Å²) in [6.07, 6.45) is 3.24. The van der Waals surface area contributed by atoms with E-state index in [1.54, 1.807) is 18.3 Å². The molecule has 1 atom stereocenters. The van der Waals surface area contributed by atoms with Crippen molar-refractivity contribution < 1.29 is 9.21 Å². The lowest BCUT2D eigenvalue weighted by atomic mass is 10.2. The summed E-state index contributed by atoms with van der Waals surface area (Å²) < 4.78 is 5.06. The molecule has 1 unspecified atom stereocenters. The number of hydrogen-bond acceptors (Lipinski definition) is 3. The van der Waals surface area contributed by atoms with Gasteiger partial charge in [0.1, 0.15) is 5.82 Å². The van der Waals surface area contributed by atoms with Crippen LogP contribution in [0, 0.1) is 0 Å². The molecular weight excluding hydrogens is 266 g/mol. The molecule has 0 spiro atoms. The predicted molar refractivity (Wildman–Crippen MR) is 78.6 cm³/mol. The smallest absolute Gasteiger partial charge is 0.287 e. The van der Waals surface area contributed by atoms with E-state index in [0.717, 1.165) is 11.3 Å². The van der Waals surface area contributed by atoms with Crippen LogP contribution in [0.1, 0.15) is 29.3 Å². The largest absolute Gasteiger partial charge is 0.459 e. The zero-order valence-corrected chi connectivity index (χ0v) is 11.5. The predicted octanol–water partition coefficient (Wildman–Crippen LogP) is 3.16. The molecule has 0 saturated carbocycles. The van der Waals surface area contributed by atoms with Crippen LogP contribution in [0.3, 0.4) is 0 Å². The Labute approximate surface area is 122 Å². The lowest BCUT2D eigenvalue weighted by Crippen LogP contribution is -2.26. The highest BCUT2D eigenvalue weighted by Crippen LogP contribution is 2.19. The van der Waals surface area contributed by atoms with E-state index in [4.69, 9.17) is 4.42 Å². The van der Waals surface area contributed by atoms with E-state index < -0.39 is 0 Å². The fourth-order valence-electron chi connectivity index (χ4n) is 2.06. The van der Waals surface area contributed by atoms with Crippen molar-refractivity contribution in [1.29, 1.82) is 0 Å². The van der Waals surface area contributed by atoms with Gasteiger partial charge in [-0.05, 0) is 24.6 Å². The number of hydrogen-bond donors (Lipinski definition) is 2. The minimum atomic E-state index is -0.259. The number of aromatic nitrogens is 2. The number of rotatable bonds is 4. The zero-order valence-electron chi connectivity index (χ0n) is 11.5. The highest BCUT2D eigenvalue weighted by molar-refractivity contribution is 5.91.